The van der Waals surface area contributed by atoms with E-state index in [1.807, 2.05) is 12.1 Å². The van der Waals surface area contributed by atoms with Crippen molar-refractivity contribution in [2.45, 2.75) is 52.4 Å². The lowest BCUT2D eigenvalue weighted by atomic mass is 9.78. The average molecular weight is 301 g/mol. The first-order valence-corrected chi connectivity index (χ1v) is 7.34. The van der Waals surface area contributed by atoms with Crippen LogP contribution in [0.1, 0.15) is 63.2 Å². The fourth-order valence-corrected chi connectivity index (χ4v) is 2.41. The van der Waals surface area contributed by atoms with E-state index >= 15 is 0 Å². The lowest BCUT2D eigenvalue weighted by molar-refractivity contribution is 0.109. The zero-order valence-electron chi connectivity index (χ0n) is 14.0. The molecule has 0 amide bonds. The van der Waals surface area contributed by atoms with E-state index < -0.39 is 0 Å². The molecule has 0 unspecified atom stereocenters. The molecule has 1 heterocycles. The second-order valence-electron chi connectivity index (χ2n) is 7.65. The van der Waals surface area contributed by atoms with E-state index in [2.05, 4.69) is 46.7 Å². The summed E-state index contributed by atoms with van der Waals surface area (Å²) in [4.78, 5) is 10.8. The van der Waals surface area contributed by atoms with Crippen LogP contribution in [0.25, 0.3) is 11.3 Å². The van der Waals surface area contributed by atoms with Gasteiger partial charge in [0, 0.05) is 22.8 Å². The number of rotatable bonds is 2. The van der Waals surface area contributed by atoms with Crippen molar-refractivity contribution in [3.63, 3.8) is 0 Å². The van der Waals surface area contributed by atoms with Gasteiger partial charge in [0.05, 0.1) is 0 Å². The van der Waals surface area contributed by atoms with E-state index in [0.29, 0.717) is 17.7 Å². The highest BCUT2D eigenvalue weighted by atomic mass is 16.5. The Labute approximate surface area is 131 Å². The van der Waals surface area contributed by atoms with E-state index in [9.17, 15) is 9.90 Å². The molecule has 1 N–H and O–H groups in total. The van der Waals surface area contributed by atoms with Crippen LogP contribution in [-0.4, -0.2) is 16.5 Å². The molecule has 0 fully saturated rings. The van der Waals surface area contributed by atoms with Crippen LogP contribution in [0.2, 0.25) is 0 Å². The zero-order valence-corrected chi connectivity index (χ0v) is 14.0. The average Bonchev–Trinajstić information content (AvgIpc) is 2.85. The predicted octanol–water partition coefficient (Wildman–Crippen LogP) is 4.45. The normalized spacial score (nSPS) is 12.5. The Balaban J connectivity index is 2.72. The molecule has 118 valence electrons. The van der Waals surface area contributed by atoms with E-state index in [0.717, 1.165) is 16.7 Å². The maximum absolute atomic E-state index is 10.8. The Morgan fingerprint density at radius 1 is 1.00 bits per heavy atom. The summed E-state index contributed by atoms with van der Waals surface area (Å²) in [6, 6.07) is 5.44. The van der Waals surface area contributed by atoms with E-state index in [4.69, 9.17) is 4.52 Å². The largest absolute Gasteiger partial charge is 0.507 e. The first-order chi connectivity index (χ1) is 10.0. The molecule has 2 rings (SSSR count). The minimum atomic E-state index is -0.211. The minimum absolute atomic E-state index is 0.192. The van der Waals surface area contributed by atoms with Crippen LogP contribution in [-0.2, 0) is 10.8 Å². The van der Waals surface area contributed by atoms with Gasteiger partial charge in [-0.2, -0.15) is 0 Å². The molecular weight excluding hydrogens is 278 g/mol. The highest BCUT2D eigenvalue weighted by Crippen LogP contribution is 2.41. The maximum Gasteiger partial charge on any atom is 0.199 e. The number of hydrogen-bond acceptors (Lipinski definition) is 4. The summed E-state index contributed by atoms with van der Waals surface area (Å²) in [6.07, 6.45) is 0.631. The van der Waals surface area contributed by atoms with Crippen LogP contribution in [0, 0.1) is 0 Å². The maximum atomic E-state index is 10.8. The van der Waals surface area contributed by atoms with Crippen molar-refractivity contribution in [1.29, 1.82) is 0 Å². The lowest BCUT2D eigenvalue weighted by Gasteiger charge is -2.28. The van der Waals surface area contributed by atoms with Gasteiger partial charge in [0.25, 0.3) is 0 Å². The number of phenolic OH excluding ortho intramolecular Hbond substituents is 1. The standard InChI is InChI=1S/C18H23NO3/c1-17(2,3)13-7-11(15-9-12(10-20)22-19-15)8-14(16(13)21)18(4,5)6/h7-10,21H,1-6H3. The molecule has 0 radical (unpaired) electrons. The second kappa shape index (κ2) is 5.27. The van der Waals surface area contributed by atoms with Crippen molar-refractivity contribution in [1.82, 2.24) is 5.16 Å². The molecular formula is C18H23NO3. The van der Waals surface area contributed by atoms with Gasteiger partial charge in [0.15, 0.2) is 12.0 Å². The summed E-state index contributed by atoms with van der Waals surface area (Å²) in [5.41, 5.74) is 2.72. The summed E-state index contributed by atoms with van der Waals surface area (Å²) in [5, 5.41) is 14.6. The number of carbonyl (C=O) groups excluding carboxylic acids is 1. The first-order valence-electron chi connectivity index (χ1n) is 7.34. The summed E-state index contributed by atoms with van der Waals surface area (Å²) in [5.74, 6) is 0.514. The predicted molar refractivity (Wildman–Crippen MR) is 86.4 cm³/mol. The summed E-state index contributed by atoms with van der Waals surface area (Å²) in [7, 11) is 0. The summed E-state index contributed by atoms with van der Waals surface area (Å²) < 4.78 is 4.97. The zero-order chi connectivity index (χ0) is 16.7. The molecule has 1 aromatic carbocycles. The number of hydrogen-bond donors (Lipinski definition) is 1. The Kier molecular flexibility index (Phi) is 3.90. The van der Waals surface area contributed by atoms with E-state index in [1.165, 1.54) is 0 Å². The molecule has 2 aromatic rings. The molecule has 0 aliphatic rings. The number of nitrogens with zero attached hydrogens (tertiary/aromatic N) is 1. The smallest absolute Gasteiger partial charge is 0.199 e. The third-order valence-electron chi connectivity index (χ3n) is 3.67. The van der Waals surface area contributed by atoms with Gasteiger partial charge in [-0.1, -0.05) is 46.7 Å². The second-order valence-corrected chi connectivity index (χ2v) is 7.65. The Morgan fingerprint density at radius 2 is 1.50 bits per heavy atom. The molecule has 4 nitrogen and oxygen atoms in total. The first kappa shape index (κ1) is 16.3. The van der Waals surface area contributed by atoms with Gasteiger partial charge in [-0.3, -0.25) is 4.79 Å². The van der Waals surface area contributed by atoms with Crippen molar-refractivity contribution in [2.75, 3.05) is 0 Å². The quantitative estimate of drug-likeness (QED) is 0.832. The molecule has 0 bridgehead atoms. The number of carbonyl (C=O) groups is 1. The van der Waals surface area contributed by atoms with Crippen molar-refractivity contribution in [3.8, 4) is 17.0 Å². The van der Waals surface area contributed by atoms with Gasteiger partial charge in [-0.05, 0) is 23.0 Å². The molecule has 0 saturated heterocycles. The van der Waals surface area contributed by atoms with Crippen LogP contribution in [0.3, 0.4) is 0 Å². The summed E-state index contributed by atoms with van der Waals surface area (Å²) >= 11 is 0. The van der Waals surface area contributed by atoms with Crippen molar-refractivity contribution in [2.24, 2.45) is 0 Å². The molecule has 0 aliphatic heterocycles. The van der Waals surface area contributed by atoms with Crippen LogP contribution in [0.5, 0.6) is 5.75 Å². The minimum Gasteiger partial charge on any atom is -0.507 e. The Morgan fingerprint density at radius 3 is 1.86 bits per heavy atom. The van der Waals surface area contributed by atoms with Gasteiger partial charge in [-0.15, -0.1) is 0 Å². The number of benzene rings is 1. The third-order valence-corrected chi connectivity index (χ3v) is 3.67. The number of aromatic hydroxyl groups is 1. The SMILES string of the molecule is CC(C)(C)c1cc(-c2cc(C=O)on2)cc(C(C)(C)C)c1O. The van der Waals surface area contributed by atoms with Crippen LogP contribution in [0.15, 0.2) is 22.7 Å². The van der Waals surface area contributed by atoms with Crippen molar-refractivity contribution in [3.05, 3.63) is 35.1 Å². The highest BCUT2D eigenvalue weighted by Gasteiger charge is 2.27. The number of phenols is 1. The Bertz CT molecular complexity index is 665. The number of aldehydes is 1. The summed E-state index contributed by atoms with van der Waals surface area (Å²) in [6.45, 7) is 12.3. The van der Waals surface area contributed by atoms with Crippen LogP contribution in [0.4, 0.5) is 0 Å². The van der Waals surface area contributed by atoms with E-state index in [1.54, 1.807) is 6.07 Å². The van der Waals surface area contributed by atoms with E-state index in [-0.39, 0.29) is 16.6 Å². The molecule has 1 aromatic heterocycles. The van der Waals surface area contributed by atoms with Crippen LogP contribution < -0.4 is 0 Å². The fraction of sp³-hybridized carbons (Fsp3) is 0.444. The number of aromatic nitrogens is 1. The monoisotopic (exact) mass is 301 g/mol. The third kappa shape index (κ3) is 3.06. The molecule has 0 aliphatic carbocycles. The topological polar surface area (TPSA) is 63.3 Å². The van der Waals surface area contributed by atoms with Gasteiger partial charge >= 0.3 is 0 Å². The molecule has 0 spiro atoms. The molecule has 4 heteroatoms. The molecule has 0 saturated carbocycles. The lowest BCUT2D eigenvalue weighted by Crippen LogP contribution is -2.17. The van der Waals surface area contributed by atoms with Crippen LogP contribution >= 0.6 is 0 Å². The van der Waals surface area contributed by atoms with Gasteiger partial charge < -0.3 is 9.63 Å². The Hall–Kier alpha value is -2.10. The highest BCUT2D eigenvalue weighted by molar-refractivity contribution is 5.75. The van der Waals surface area contributed by atoms with Crippen molar-refractivity contribution < 1.29 is 14.4 Å². The molecule has 22 heavy (non-hydrogen) atoms. The van der Waals surface area contributed by atoms with Gasteiger partial charge in [-0.25, -0.2) is 0 Å². The van der Waals surface area contributed by atoms with Crippen molar-refractivity contribution >= 4 is 6.29 Å². The van der Waals surface area contributed by atoms with Gasteiger partial charge in [0.1, 0.15) is 11.4 Å². The molecule has 0 atom stereocenters. The fourth-order valence-electron chi connectivity index (χ4n) is 2.41. The van der Waals surface area contributed by atoms with Gasteiger partial charge in [0.2, 0.25) is 0 Å².